The molecule has 2 rings (SSSR count). The van der Waals surface area contributed by atoms with Gasteiger partial charge in [-0.15, -0.1) is 11.3 Å². The van der Waals surface area contributed by atoms with E-state index >= 15 is 0 Å². The van der Waals surface area contributed by atoms with Crippen molar-refractivity contribution in [1.82, 2.24) is 10.3 Å². The summed E-state index contributed by atoms with van der Waals surface area (Å²) in [4.78, 5) is 15.8. The van der Waals surface area contributed by atoms with Crippen molar-refractivity contribution in [2.24, 2.45) is 5.41 Å². The average molecular weight is 221 g/mol. The highest BCUT2D eigenvalue weighted by molar-refractivity contribution is 7.09. The van der Waals surface area contributed by atoms with Gasteiger partial charge in [-0.1, -0.05) is 0 Å². The summed E-state index contributed by atoms with van der Waals surface area (Å²) in [6.45, 7) is 0.430. The van der Waals surface area contributed by atoms with Crippen molar-refractivity contribution in [3.63, 3.8) is 0 Å². The van der Waals surface area contributed by atoms with Gasteiger partial charge < -0.3 is 5.32 Å². The number of nitrogens with one attached hydrogen (secondary N) is 1. The van der Waals surface area contributed by atoms with Crippen molar-refractivity contribution >= 4 is 17.2 Å². The van der Waals surface area contributed by atoms with E-state index in [0.717, 1.165) is 11.4 Å². The molecule has 1 heterocycles. The van der Waals surface area contributed by atoms with E-state index in [0.29, 0.717) is 19.4 Å². The predicted molar refractivity (Wildman–Crippen MR) is 55.9 cm³/mol. The van der Waals surface area contributed by atoms with Crippen LogP contribution in [0.2, 0.25) is 0 Å². The van der Waals surface area contributed by atoms with Crippen LogP contribution in [0, 0.1) is 16.7 Å². The predicted octanol–water partition coefficient (Wildman–Crippen LogP) is 1.45. The van der Waals surface area contributed by atoms with Crippen molar-refractivity contribution < 1.29 is 4.79 Å². The van der Waals surface area contributed by atoms with E-state index in [-0.39, 0.29) is 5.91 Å². The van der Waals surface area contributed by atoms with Gasteiger partial charge in [-0.25, -0.2) is 4.98 Å². The fraction of sp³-hybridized carbons (Fsp3) is 0.500. The number of aromatic nitrogens is 1. The molecule has 1 amide bonds. The highest BCUT2D eigenvalue weighted by Gasteiger charge is 2.44. The smallest absolute Gasteiger partial charge is 0.240 e. The van der Waals surface area contributed by atoms with E-state index in [1.807, 2.05) is 5.38 Å². The molecule has 4 nitrogen and oxygen atoms in total. The zero-order valence-electron chi connectivity index (χ0n) is 8.19. The molecule has 0 radical (unpaired) electrons. The van der Waals surface area contributed by atoms with Gasteiger partial charge >= 0.3 is 0 Å². The molecule has 1 N–H and O–H groups in total. The standard InChI is InChI=1S/C10H11N3OS/c11-7-10(2-1-3-10)9(14)13-6-8-12-4-5-15-8/h4-5H,1-3,6H2,(H,13,14). The number of hydrogen-bond donors (Lipinski definition) is 1. The Morgan fingerprint density at radius 2 is 2.53 bits per heavy atom. The topological polar surface area (TPSA) is 65.8 Å². The molecule has 1 fully saturated rings. The molecule has 0 atom stereocenters. The summed E-state index contributed by atoms with van der Waals surface area (Å²) in [5.41, 5.74) is -0.753. The maximum atomic E-state index is 11.7. The summed E-state index contributed by atoms with van der Waals surface area (Å²) in [7, 11) is 0. The Kier molecular flexibility index (Phi) is 2.69. The van der Waals surface area contributed by atoms with Gasteiger partial charge in [0.1, 0.15) is 10.4 Å². The first-order chi connectivity index (χ1) is 7.27. The highest BCUT2D eigenvalue weighted by atomic mass is 32.1. The molecule has 0 aliphatic heterocycles. The van der Waals surface area contributed by atoms with Crippen LogP contribution in [0.1, 0.15) is 24.3 Å². The van der Waals surface area contributed by atoms with Crippen molar-refractivity contribution in [3.8, 4) is 6.07 Å². The second kappa shape index (κ2) is 3.99. The van der Waals surface area contributed by atoms with Crippen LogP contribution < -0.4 is 5.32 Å². The monoisotopic (exact) mass is 221 g/mol. The van der Waals surface area contributed by atoms with Crippen LogP contribution in [-0.2, 0) is 11.3 Å². The van der Waals surface area contributed by atoms with E-state index in [4.69, 9.17) is 5.26 Å². The molecule has 1 aliphatic rings. The van der Waals surface area contributed by atoms with Gasteiger partial charge in [0, 0.05) is 11.6 Å². The van der Waals surface area contributed by atoms with Crippen molar-refractivity contribution in [2.45, 2.75) is 25.8 Å². The molecule has 1 saturated carbocycles. The Morgan fingerprint density at radius 1 is 1.73 bits per heavy atom. The third-order valence-corrected chi connectivity index (χ3v) is 3.52. The van der Waals surface area contributed by atoms with Gasteiger partial charge in [0.15, 0.2) is 0 Å². The van der Waals surface area contributed by atoms with Gasteiger partial charge in [-0.2, -0.15) is 5.26 Å². The molecule has 0 spiro atoms. The van der Waals surface area contributed by atoms with Gasteiger partial charge in [0.05, 0.1) is 12.6 Å². The van der Waals surface area contributed by atoms with Crippen LogP contribution in [0.25, 0.3) is 0 Å². The Bertz CT molecular complexity index is 389. The van der Waals surface area contributed by atoms with E-state index in [9.17, 15) is 4.79 Å². The van der Waals surface area contributed by atoms with Crippen LogP contribution >= 0.6 is 11.3 Å². The van der Waals surface area contributed by atoms with Crippen LogP contribution in [0.4, 0.5) is 0 Å². The zero-order valence-corrected chi connectivity index (χ0v) is 9.01. The number of hydrogen-bond acceptors (Lipinski definition) is 4. The number of rotatable bonds is 3. The van der Waals surface area contributed by atoms with Crippen molar-refractivity contribution in [2.75, 3.05) is 0 Å². The number of nitriles is 1. The van der Waals surface area contributed by atoms with Crippen LogP contribution in [0.3, 0.4) is 0 Å². The maximum absolute atomic E-state index is 11.7. The van der Waals surface area contributed by atoms with Crippen LogP contribution in [-0.4, -0.2) is 10.9 Å². The molecule has 15 heavy (non-hydrogen) atoms. The Hall–Kier alpha value is -1.41. The van der Waals surface area contributed by atoms with Gasteiger partial charge in [0.25, 0.3) is 0 Å². The second-order valence-corrected chi connectivity index (χ2v) is 4.64. The molecule has 1 aliphatic carbocycles. The second-order valence-electron chi connectivity index (χ2n) is 3.66. The first-order valence-electron chi connectivity index (χ1n) is 4.85. The largest absolute Gasteiger partial charge is 0.348 e. The Morgan fingerprint density at radius 3 is 3.00 bits per heavy atom. The number of nitrogens with zero attached hydrogens (tertiary/aromatic N) is 2. The SMILES string of the molecule is N#CC1(C(=O)NCc2nccs2)CCC1. The van der Waals surface area contributed by atoms with E-state index in [2.05, 4.69) is 16.4 Å². The molecule has 0 bridgehead atoms. The maximum Gasteiger partial charge on any atom is 0.240 e. The highest BCUT2D eigenvalue weighted by Crippen LogP contribution is 2.40. The van der Waals surface area contributed by atoms with E-state index in [1.54, 1.807) is 6.20 Å². The Labute approximate surface area is 91.9 Å². The molecule has 0 unspecified atom stereocenters. The quantitative estimate of drug-likeness (QED) is 0.840. The molecule has 1 aromatic rings. The van der Waals surface area contributed by atoms with Gasteiger partial charge in [-0.3, -0.25) is 4.79 Å². The summed E-state index contributed by atoms with van der Waals surface area (Å²) < 4.78 is 0. The number of amides is 1. The molecule has 0 saturated heterocycles. The molecular weight excluding hydrogens is 210 g/mol. The van der Waals surface area contributed by atoms with E-state index in [1.165, 1.54) is 11.3 Å². The molecule has 1 aromatic heterocycles. The number of carbonyl (C=O) groups excluding carboxylic acids is 1. The minimum Gasteiger partial charge on any atom is -0.348 e. The average Bonchev–Trinajstić information content (AvgIpc) is 2.66. The third kappa shape index (κ3) is 1.85. The lowest BCUT2D eigenvalue weighted by molar-refractivity contribution is -0.131. The summed E-state index contributed by atoms with van der Waals surface area (Å²) >= 11 is 1.50. The number of carbonyl (C=O) groups is 1. The van der Waals surface area contributed by atoms with E-state index < -0.39 is 5.41 Å². The lowest BCUT2D eigenvalue weighted by Gasteiger charge is -2.33. The van der Waals surface area contributed by atoms with Gasteiger partial charge in [0.2, 0.25) is 5.91 Å². The lowest BCUT2D eigenvalue weighted by Crippen LogP contribution is -2.44. The summed E-state index contributed by atoms with van der Waals surface area (Å²) in [5, 5.41) is 14.4. The van der Waals surface area contributed by atoms with Crippen LogP contribution in [0.5, 0.6) is 0 Å². The minimum absolute atomic E-state index is 0.147. The van der Waals surface area contributed by atoms with Crippen molar-refractivity contribution in [1.29, 1.82) is 5.26 Å². The molecule has 78 valence electrons. The Balaban J connectivity index is 1.90. The molecule has 0 aromatic carbocycles. The summed E-state index contributed by atoms with van der Waals surface area (Å²) in [5.74, 6) is -0.147. The fourth-order valence-electron chi connectivity index (χ4n) is 1.59. The summed E-state index contributed by atoms with van der Waals surface area (Å²) in [6, 6.07) is 2.12. The van der Waals surface area contributed by atoms with Crippen LogP contribution in [0.15, 0.2) is 11.6 Å². The zero-order chi connectivity index (χ0) is 10.7. The first-order valence-corrected chi connectivity index (χ1v) is 5.73. The first kappa shape index (κ1) is 10.1. The molecular formula is C10H11N3OS. The normalized spacial score (nSPS) is 17.5. The summed E-state index contributed by atoms with van der Waals surface area (Å²) in [6.07, 6.45) is 4.05. The lowest BCUT2D eigenvalue weighted by atomic mass is 9.69. The van der Waals surface area contributed by atoms with Gasteiger partial charge in [-0.05, 0) is 19.3 Å². The fourth-order valence-corrected chi connectivity index (χ4v) is 2.14. The number of thiazole rings is 1. The van der Waals surface area contributed by atoms with Crippen molar-refractivity contribution in [3.05, 3.63) is 16.6 Å². The third-order valence-electron chi connectivity index (χ3n) is 2.74. The molecule has 5 heteroatoms. The minimum atomic E-state index is -0.753.